The molecule has 5 heteroatoms. The summed E-state index contributed by atoms with van der Waals surface area (Å²) >= 11 is 5.75. The third-order valence-electron chi connectivity index (χ3n) is 3.77. The Kier molecular flexibility index (Phi) is 2.70. The zero-order valence-corrected chi connectivity index (χ0v) is 10.8. The Morgan fingerprint density at radius 3 is 3.06 bits per heavy atom. The van der Waals surface area contributed by atoms with Crippen molar-refractivity contribution in [2.75, 3.05) is 16.8 Å². The number of anilines is 2. The summed E-state index contributed by atoms with van der Waals surface area (Å²) in [5, 5.41) is 2.86. The van der Waals surface area contributed by atoms with E-state index in [0.717, 1.165) is 25.1 Å². The number of piperidine rings is 1. The summed E-state index contributed by atoms with van der Waals surface area (Å²) in [6.07, 6.45) is 1.84. The summed E-state index contributed by atoms with van der Waals surface area (Å²) in [5.41, 5.74) is 1.35. The van der Waals surface area contributed by atoms with Crippen LogP contribution in [0.4, 0.5) is 15.8 Å². The van der Waals surface area contributed by atoms with Gasteiger partial charge in [-0.15, -0.1) is 0 Å². The maximum atomic E-state index is 13.6. The number of hydrogen-bond acceptors (Lipinski definition) is 2. The molecular weight excluding hydrogens is 255 g/mol. The molecule has 3 nitrogen and oxygen atoms in total. The van der Waals surface area contributed by atoms with Gasteiger partial charge in [-0.2, -0.15) is 0 Å². The number of benzene rings is 1. The second kappa shape index (κ2) is 4.12. The molecule has 1 aromatic rings. The summed E-state index contributed by atoms with van der Waals surface area (Å²) in [4.78, 5) is 14.0. The van der Waals surface area contributed by atoms with Crippen molar-refractivity contribution in [2.45, 2.75) is 25.8 Å². The van der Waals surface area contributed by atoms with Gasteiger partial charge in [-0.05, 0) is 24.8 Å². The molecule has 18 heavy (non-hydrogen) atoms. The predicted octanol–water partition coefficient (Wildman–Crippen LogP) is 3.04. The fourth-order valence-electron chi connectivity index (χ4n) is 2.77. The van der Waals surface area contributed by atoms with Gasteiger partial charge in [-0.3, -0.25) is 4.79 Å². The van der Waals surface area contributed by atoms with Gasteiger partial charge >= 0.3 is 0 Å². The van der Waals surface area contributed by atoms with Gasteiger partial charge in [0.25, 0.3) is 0 Å². The molecule has 96 valence electrons. The number of halogens is 2. The van der Waals surface area contributed by atoms with Gasteiger partial charge < -0.3 is 10.2 Å². The summed E-state index contributed by atoms with van der Waals surface area (Å²) in [5.74, 6) is 0.0661. The van der Waals surface area contributed by atoms with Crippen LogP contribution in [0.5, 0.6) is 0 Å². The maximum Gasteiger partial charge on any atom is 0.247 e. The summed E-state index contributed by atoms with van der Waals surface area (Å²) in [6.45, 7) is 2.93. The average Bonchev–Trinajstić information content (AvgIpc) is 2.32. The van der Waals surface area contributed by atoms with E-state index in [1.807, 2.05) is 4.90 Å². The third kappa shape index (κ3) is 1.75. The first-order valence-electron chi connectivity index (χ1n) is 6.13. The molecule has 0 bridgehead atoms. The highest BCUT2D eigenvalue weighted by molar-refractivity contribution is 6.31. The first-order valence-corrected chi connectivity index (χ1v) is 6.50. The standard InChI is InChI=1S/C13H14ClFN2O/c1-7-2-3-17-11-6-9(15)8(14)5-10(11)16-13(18)12(17)4-7/h5-7,12H,2-4H2,1H3,(H,16,18). The average molecular weight is 269 g/mol. The third-order valence-corrected chi connectivity index (χ3v) is 4.06. The minimum Gasteiger partial charge on any atom is -0.358 e. The van der Waals surface area contributed by atoms with E-state index in [4.69, 9.17) is 11.6 Å². The van der Waals surface area contributed by atoms with Crippen LogP contribution in [0.25, 0.3) is 0 Å². The molecule has 0 saturated carbocycles. The molecule has 2 aliphatic rings. The lowest BCUT2D eigenvalue weighted by molar-refractivity contribution is -0.118. The molecular formula is C13H14ClFN2O. The highest BCUT2D eigenvalue weighted by Crippen LogP contribution is 2.39. The Balaban J connectivity index is 2.05. The van der Waals surface area contributed by atoms with E-state index in [1.165, 1.54) is 12.1 Å². The molecule has 2 atom stereocenters. The highest BCUT2D eigenvalue weighted by atomic mass is 35.5. The quantitative estimate of drug-likeness (QED) is 0.784. The number of carbonyl (C=O) groups is 1. The topological polar surface area (TPSA) is 32.3 Å². The molecule has 2 aliphatic heterocycles. The van der Waals surface area contributed by atoms with Crippen molar-refractivity contribution < 1.29 is 9.18 Å². The van der Waals surface area contributed by atoms with Gasteiger partial charge in [-0.1, -0.05) is 18.5 Å². The number of rotatable bonds is 0. The lowest BCUT2D eigenvalue weighted by atomic mass is 9.90. The van der Waals surface area contributed by atoms with Crippen molar-refractivity contribution >= 4 is 28.9 Å². The van der Waals surface area contributed by atoms with Crippen LogP contribution in [0.2, 0.25) is 5.02 Å². The molecule has 0 aromatic heterocycles. The normalized spacial score (nSPS) is 26.4. The Labute approximate surface area is 110 Å². The van der Waals surface area contributed by atoms with Crippen molar-refractivity contribution in [3.8, 4) is 0 Å². The molecule has 0 spiro atoms. The molecule has 2 heterocycles. The van der Waals surface area contributed by atoms with E-state index >= 15 is 0 Å². The lowest BCUT2D eigenvalue weighted by Crippen LogP contribution is -2.52. The molecule has 1 amide bonds. The number of hydrogen-bond donors (Lipinski definition) is 1. The smallest absolute Gasteiger partial charge is 0.247 e. The molecule has 2 unspecified atom stereocenters. The summed E-state index contributed by atoms with van der Waals surface area (Å²) in [6, 6.07) is 2.72. The van der Waals surface area contributed by atoms with Crippen LogP contribution in [-0.2, 0) is 4.79 Å². The van der Waals surface area contributed by atoms with E-state index in [1.54, 1.807) is 0 Å². The zero-order valence-electron chi connectivity index (χ0n) is 10.0. The minimum absolute atomic E-state index is 0.0169. The summed E-state index contributed by atoms with van der Waals surface area (Å²) in [7, 11) is 0. The Morgan fingerprint density at radius 2 is 2.28 bits per heavy atom. The van der Waals surface area contributed by atoms with Crippen molar-refractivity contribution in [2.24, 2.45) is 5.92 Å². The number of amides is 1. The van der Waals surface area contributed by atoms with Crippen molar-refractivity contribution in [1.29, 1.82) is 0 Å². The Bertz CT molecular complexity index is 520. The van der Waals surface area contributed by atoms with Gasteiger partial charge in [-0.25, -0.2) is 4.39 Å². The SMILES string of the molecule is CC1CCN2c3cc(F)c(Cl)cc3NC(=O)C2C1. The number of fused-ring (bicyclic) bond motifs is 3. The zero-order chi connectivity index (χ0) is 12.9. The van der Waals surface area contributed by atoms with Crippen LogP contribution in [-0.4, -0.2) is 18.5 Å². The highest BCUT2D eigenvalue weighted by Gasteiger charge is 2.37. The first kappa shape index (κ1) is 11.8. The molecule has 1 fully saturated rings. The molecule has 0 radical (unpaired) electrons. The first-order chi connectivity index (χ1) is 8.56. The molecule has 1 saturated heterocycles. The fourth-order valence-corrected chi connectivity index (χ4v) is 2.93. The van der Waals surface area contributed by atoms with Gasteiger partial charge in [0.05, 0.1) is 16.4 Å². The van der Waals surface area contributed by atoms with Gasteiger partial charge in [0.15, 0.2) is 0 Å². The number of carbonyl (C=O) groups excluding carboxylic acids is 1. The molecule has 1 N–H and O–H groups in total. The van der Waals surface area contributed by atoms with Crippen LogP contribution in [0.3, 0.4) is 0 Å². The van der Waals surface area contributed by atoms with Crippen LogP contribution in [0, 0.1) is 11.7 Å². The van der Waals surface area contributed by atoms with E-state index in [0.29, 0.717) is 11.6 Å². The molecule has 0 aliphatic carbocycles. The largest absolute Gasteiger partial charge is 0.358 e. The molecule has 3 rings (SSSR count). The van der Waals surface area contributed by atoms with Crippen molar-refractivity contribution in [3.63, 3.8) is 0 Å². The number of nitrogens with zero attached hydrogens (tertiary/aromatic N) is 1. The van der Waals surface area contributed by atoms with Gasteiger partial charge in [0, 0.05) is 12.6 Å². The maximum absolute atomic E-state index is 13.6. The predicted molar refractivity (Wildman–Crippen MR) is 69.6 cm³/mol. The van der Waals surface area contributed by atoms with Crippen molar-refractivity contribution in [3.05, 3.63) is 23.0 Å². The van der Waals surface area contributed by atoms with Crippen LogP contribution >= 0.6 is 11.6 Å². The van der Waals surface area contributed by atoms with Gasteiger partial charge in [0.2, 0.25) is 5.91 Å². The second-order valence-electron chi connectivity index (χ2n) is 5.11. The van der Waals surface area contributed by atoms with E-state index in [9.17, 15) is 9.18 Å². The lowest BCUT2D eigenvalue weighted by Gasteiger charge is -2.43. The second-order valence-corrected chi connectivity index (χ2v) is 5.52. The van der Waals surface area contributed by atoms with Crippen molar-refractivity contribution in [1.82, 2.24) is 0 Å². The van der Waals surface area contributed by atoms with Crippen LogP contribution in [0.1, 0.15) is 19.8 Å². The van der Waals surface area contributed by atoms with E-state index in [2.05, 4.69) is 12.2 Å². The summed E-state index contributed by atoms with van der Waals surface area (Å²) < 4.78 is 13.6. The molecule has 1 aromatic carbocycles. The van der Waals surface area contributed by atoms with E-state index < -0.39 is 5.82 Å². The fraction of sp³-hybridized carbons (Fsp3) is 0.462. The monoisotopic (exact) mass is 268 g/mol. The number of nitrogens with one attached hydrogen (secondary N) is 1. The minimum atomic E-state index is -0.441. The van der Waals surface area contributed by atoms with Crippen LogP contribution in [0.15, 0.2) is 12.1 Å². The van der Waals surface area contributed by atoms with E-state index in [-0.39, 0.29) is 17.0 Å². The van der Waals surface area contributed by atoms with Gasteiger partial charge in [0.1, 0.15) is 11.9 Å². The Morgan fingerprint density at radius 1 is 1.50 bits per heavy atom. The van der Waals surface area contributed by atoms with Crippen LogP contribution < -0.4 is 10.2 Å². The Hall–Kier alpha value is -1.29.